The summed E-state index contributed by atoms with van der Waals surface area (Å²) >= 11 is 0. The monoisotopic (exact) mass is 261 g/mol. The lowest BCUT2D eigenvalue weighted by Crippen LogP contribution is -2.51. The summed E-state index contributed by atoms with van der Waals surface area (Å²) in [5.41, 5.74) is 2.79. The van der Waals surface area contributed by atoms with Crippen LogP contribution in [0, 0.1) is 6.92 Å². The van der Waals surface area contributed by atoms with Crippen LogP contribution >= 0.6 is 0 Å². The molecule has 0 amide bonds. The van der Waals surface area contributed by atoms with E-state index in [1.807, 2.05) is 12.4 Å². The standard InChI is InChI=1S/C16H27N3/c1-5-18-15(14-12-17-9-8-13(14)2)16(3,4)19-10-6-7-11-19/h8-9,12,15,18H,5-7,10-11H2,1-4H3. The van der Waals surface area contributed by atoms with Crippen LogP contribution in [0.25, 0.3) is 0 Å². The van der Waals surface area contributed by atoms with E-state index in [0.717, 1.165) is 6.54 Å². The van der Waals surface area contributed by atoms with Crippen molar-refractivity contribution < 1.29 is 0 Å². The van der Waals surface area contributed by atoms with Gasteiger partial charge in [0.1, 0.15) is 0 Å². The molecule has 1 aromatic heterocycles. The molecule has 106 valence electrons. The Hall–Kier alpha value is -0.930. The molecule has 1 N–H and O–H groups in total. The van der Waals surface area contributed by atoms with Gasteiger partial charge in [-0.15, -0.1) is 0 Å². The van der Waals surface area contributed by atoms with E-state index >= 15 is 0 Å². The van der Waals surface area contributed by atoms with E-state index in [4.69, 9.17) is 0 Å². The molecule has 1 atom stereocenters. The molecule has 0 saturated carbocycles. The first-order valence-electron chi connectivity index (χ1n) is 7.46. The molecule has 3 nitrogen and oxygen atoms in total. The number of aryl methyl sites for hydroxylation is 1. The summed E-state index contributed by atoms with van der Waals surface area (Å²) in [5.74, 6) is 0. The van der Waals surface area contributed by atoms with E-state index in [2.05, 4.69) is 49.0 Å². The minimum Gasteiger partial charge on any atom is -0.309 e. The molecule has 3 heteroatoms. The Kier molecular flexibility index (Phi) is 4.58. The first-order chi connectivity index (χ1) is 9.07. The summed E-state index contributed by atoms with van der Waals surface area (Å²) in [6.07, 6.45) is 6.56. The number of nitrogens with one attached hydrogen (secondary N) is 1. The van der Waals surface area contributed by atoms with Gasteiger partial charge in [0.2, 0.25) is 0 Å². The molecule has 1 aromatic rings. The Morgan fingerprint density at radius 2 is 2.05 bits per heavy atom. The highest BCUT2D eigenvalue weighted by Gasteiger charge is 2.37. The van der Waals surface area contributed by atoms with Gasteiger partial charge in [-0.05, 0) is 70.4 Å². The van der Waals surface area contributed by atoms with E-state index in [1.165, 1.54) is 37.1 Å². The van der Waals surface area contributed by atoms with Gasteiger partial charge in [-0.3, -0.25) is 9.88 Å². The fourth-order valence-electron chi connectivity index (χ4n) is 3.20. The van der Waals surface area contributed by atoms with Crippen LogP contribution in [0.5, 0.6) is 0 Å². The van der Waals surface area contributed by atoms with Gasteiger partial charge in [0.25, 0.3) is 0 Å². The second kappa shape index (κ2) is 6.02. The highest BCUT2D eigenvalue weighted by molar-refractivity contribution is 5.28. The van der Waals surface area contributed by atoms with Crippen LogP contribution in [0.15, 0.2) is 18.5 Å². The zero-order valence-electron chi connectivity index (χ0n) is 12.7. The summed E-state index contributed by atoms with van der Waals surface area (Å²) in [4.78, 5) is 6.95. The molecular formula is C16H27N3. The van der Waals surface area contributed by atoms with Crippen LogP contribution in [-0.4, -0.2) is 35.1 Å². The van der Waals surface area contributed by atoms with Crippen molar-refractivity contribution in [3.8, 4) is 0 Å². The molecule has 2 rings (SSSR count). The van der Waals surface area contributed by atoms with Gasteiger partial charge >= 0.3 is 0 Å². The van der Waals surface area contributed by atoms with Crippen molar-refractivity contribution in [3.63, 3.8) is 0 Å². The van der Waals surface area contributed by atoms with Crippen molar-refractivity contribution in [1.29, 1.82) is 0 Å². The first-order valence-corrected chi connectivity index (χ1v) is 7.46. The van der Waals surface area contributed by atoms with Crippen LogP contribution in [0.1, 0.15) is 50.8 Å². The molecule has 2 heterocycles. The van der Waals surface area contributed by atoms with E-state index in [1.54, 1.807) is 0 Å². The molecule has 1 unspecified atom stereocenters. The van der Waals surface area contributed by atoms with Gasteiger partial charge in [0.05, 0.1) is 6.04 Å². The van der Waals surface area contributed by atoms with Gasteiger partial charge in [-0.1, -0.05) is 6.92 Å². The second-order valence-electron chi connectivity index (χ2n) is 6.07. The maximum absolute atomic E-state index is 4.33. The number of hydrogen-bond acceptors (Lipinski definition) is 3. The quantitative estimate of drug-likeness (QED) is 0.883. The first kappa shape index (κ1) is 14.5. The van der Waals surface area contributed by atoms with Crippen LogP contribution in [0.3, 0.4) is 0 Å². The Labute approximate surface area is 117 Å². The summed E-state index contributed by atoms with van der Waals surface area (Å²) in [5, 5.41) is 3.68. The number of nitrogens with zero attached hydrogens (tertiary/aromatic N) is 2. The Balaban J connectivity index is 2.31. The van der Waals surface area contributed by atoms with Crippen LogP contribution < -0.4 is 5.32 Å². The van der Waals surface area contributed by atoms with Crippen molar-refractivity contribution in [2.75, 3.05) is 19.6 Å². The van der Waals surface area contributed by atoms with Gasteiger partial charge in [0, 0.05) is 17.9 Å². The molecular weight excluding hydrogens is 234 g/mol. The third kappa shape index (κ3) is 2.98. The maximum atomic E-state index is 4.33. The zero-order valence-corrected chi connectivity index (χ0v) is 12.7. The van der Waals surface area contributed by atoms with Crippen molar-refractivity contribution in [1.82, 2.24) is 15.2 Å². The van der Waals surface area contributed by atoms with Crippen molar-refractivity contribution in [2.45, 2.75) is 52.1 Å². The summed E-state index contributed by atoms with van der Waals surface area (Å²) in [7, 11) is 0. The van der Waals surface area contributed by atoms with E-state index in [9.17, 15) is 0 Å². The molecule has 1 fully saturated rings. The highest BCUT2D eigenvalue weighted by atomic mass is 15.2. The fraction of sp³-hybridized carbons (Fsp3) is 0.688. The van der Waals surface area contributed by atoms with Gasteiger partial charge in [-0.25, -0.2) is 0 Å². The molecule has 1 aliphatic heterocycles. The number of likely N-dealkylation sites (N-methyl/N-ethyl adjacent to an activating group) is 1. The largest absolute Gasteiger partial charge is 0.309 e. The number of pyridine rings is 1. The average Bonchev–Trinajstić information content (AvgIpc) is 2.91. The molecule has 0 aliphatic carbocycles. The number of aromatic nitrogens is 1. The second-order valence-corrected chi connectivity index (χ2v) is 6.07. The van der Waals surface area contributed by atoms with Crippen molar-refractivity contribution in [3.05, 3.63) is 29.6 Å². The minimum atomic E-state index is 0.125. The topological polar surface area (TPSA) is 28.2 Å². The predicted molar refractivity (Wildman–Crippen MR) is 80.3 cm³/mol. The van der Waals surface area contributed by atoms with E-state index in [0.29, 0.717) is 6.04 Å². The molecule has 0 spiro atoms. The van der Waals surface area contributed by atoms with Gasteiger partial charge in [-0.2, -0.15) is 0 Å². The SMILES string of the molecule is CCNC(c1cnccc1C)C(C)(C)N1CCCC1. The maximum Gasteiger partial charge on any atom is 0.0519 e. The van der Waals surface area contributed by atoms with Crippen LogP contribution in [0.4, 0.5) is 0 Å². The van der Waals surface area contributed by atoms with E-state index in [-0.39, 0.29) is 5.54 Å². The number of hydrogen-bond donors (Lipinski definition) is 1. The van der Waals surface area contributed by atoms with Gasteiger partial charge in [0.15, 0.2) is 0 Å². The average molecular weight is 261 g/mol. The summed E-state index contributed by atoms with van der Waals surface area (Å²) < 4.78 is 0. The lowest BCUT2D eigenvalue weighted by molar-refractivity contribution is 0.107. The molecule has 0 radical (unpaired) electrons. The third-order valence-corrected chi connectivity index (χ3v) is 4.43. The Morgan fingerprint density at radius 3 is 2.63 bits per heavy atom. The fourth-order valence-corrected chi connectivity index (χ4v) is 3.20. The molecule has 19 heavy (non-hydrogen) atoms. The summed E-state index contributed by atoms with van der Waals surface area (Å²) in [6, 6.07) is 2.45. The van der Waals surface area contributed by atoms with Crippen LogP contribution in [0.2, 0.25) is 0 Å². The Bertz CT molecular complexity index is 408. The number of likely N-dealkylation sites (tertiary alicyclic amines) is 1. The third-order valence-electron chi connectivity index (χ3n) is 4.43. The normalized spacial score (nSPS) is 18.7. The van der Waals surface area contributed by atoms with Gasteiger partial charge < -0.3 is 5.32 Å². The van der Waals surface area contributed by atoms with E-state index < -0.39 is 0 Å². The van der Waals surface area contributed by atoms with Crippen LogP contribution in [-0.2, 0) is 0 Å². The van der Waals surface area contributed by atoms with Crippen molar-refractivity contribution >= 4 is 0 Å². The molecule has 0 aromatic carbocycles. The summed E-state index contributed by atoms with van der Waals surface area (Å²) in [6.45, 7) is 12.5. The molecule has 0 bridgehead atoms. The molecule has 1 aliphatic rings. The lowest BCUT2D eigenvalue weighted by Gasteiger charge is -2.43. The lowest BCUT2D eigenvalue weighted by atomic mass is 9.86. The zero-order chi connectivity index (χ0) is 13.9. The predicted octanol–water partition coefficient (Wildman–Crippen LogP) is 2.92. The Morgan fingerprint density at radius 1 is 1.37 bits per heavy atom. The minimum absolute atomic E-state index is 0.125. The highest BCUT2D eigenvalue weighted by Crippen LogP contribution is 2.34. The molecule has 1 saturated heterocycles. The number of rotatable bonds is 5. The van der Waals surface area contributed by atoms with Crippen molar-refractivity contribution in [2.24, 2.45) is 0 Å². The smallest absolute Gasteiger partial charge is 0.0519 e.